The molecule has 3 nitrogen and oxygen atoms in total. The number of hydrogen-bond donors (Lipinski definition) is 2. The highest BCUT2D eigenvalue weighted by molar-refractivity contribution is 5.02. The number of ether oxygens (including phenoxy) is 1. The van der Waals surface area contributed by atoms with E-state index in [9.17, 15) is 0 Å². The summed E-state index contributed by atoms with van der Waals surface area (Å²) < 4.78 is 5.42. The molecule has 0 spiro atoms. The van der Waals surface area contributed by atoms with Gasteiger partial charge in [-0.1, -0.05) is 20.3 Å². The van der Waals surface area contributed by atoms with E-state index in [0.29, 0.717) is 17.6 Å². The Labute approximate surface area is 93.8 Å². The van der Waals surface area contributed by atoms with E-state index in [1.165, 1.54) is 12.8 Å². The van der Waals surface area contributed by atoms with Gasteiger partial charge in [0.2, 0.25) is 0 Å². The van der Waals surface area contributed by atoms with Crippen molar-refractivity contribution < 1.29 is 4.74 Å². The largest absolute Gasteiger partial charge is 0.381 e. The molecule has 1 aliphatic rings. The Morgan fingerprint density at radius 1 is 1.33 bits per heavy atom. The van der Waals surface area contributed by atoms with Gasteiger partial charge in [0.25, 0.3) is 0 Å². The lowest BCUT2D eigenvalue weighted by molar-refractivity contribution is -0.0972. The summed E-state index contributed by atoms with van der Waals surface area (Å²) in [7, 11) is 1.81. The average molecular weight is 214 g/mol. The lowest BCUT2D eigenvalue weighted by atomic mass is 9.64. The lowest BCUT2D eigenvalue weighted by Crippen LogP contribution is -2.60. The average Bonchev–Trinajstić information content (AvgIpc) is 2.21. The Morgan fingerprint density at radius 2 is 2.07 bits per heavy atom. The van der Waals surface area contributed by atoms with Crippen LogP contribution in [0, 0.1) is 5.41 Å². The molecule has 1 rings (SSSR count). The minimum Gasteiger partial charge on any atom is -0.381 e. The molecule has 1 aliphatic carbocycles. The van der Waals surface area contributed by atoms with Crippen molar-refractivity contribution in [3.8, 4) is 0 Å². The Bertz CT molecular complexity index is 182. The molecule has 0 aliphatic heterocycles. The van der Waals surface area contributed by atoms with Crippen LogP contribution in [0.3, 0.4) is 0 Å². The van der Waals surface area contributed by atoms with Crippen molar-refractivity contribution in [2.45, 2.75) is 51.7 Å². The van der Waals surface area contributed by atoms with Gasteiger partial charge in [-0.3, -0.25) is 0 Å². The number of rotatable bonds is 7. The van der Waals surface area contributed by atoms with Crippen molar-refractivity contribution in [1.82, 2.24) is 5.32 Å². The molecule has 1 saturated carbocycles. The van der Waals surface area contributed by atoms with E-state index in [4.69, 9.17) is 10.5 Å². The fraction of sp³-hybridized carbons (Fsp3) is 1.00. The van der Waals surface area contributed by atoms with Crippen LogP contribution in [0.2, 0.25) is 0 Å². The van der Waals surface area contributed by atoms with Crippen LogP contribution in [0.15, 0.2) is 0 Å². The second kappa shape index (κ2) is 5.83. The quantitative estimate of drug-likeness (QED) is 0.632. The number of nitrogens with one attached hydrogen (secondary N) is 1. The van der Waals surface area contributed by atoms with Gasteiger partial charge >= 0.3 is 0 Å². The van der Waals surface area contributed by atoms with E-state index in [0.717, 1.165) is 25.9 Å². The number of nitrogens with two attached hydrogens (primary N) is 1. The fourth-order valence-electron chi connectivity index (χ4n) is 2.35. The van der Waals surface area contributed by atoms with Gasteiger partial charge in [-0.15, -0.1) is 0 Å². The molecule has 2 atom stereocenters. The minimum absolute atomic E-state index is 0.294. The van der Waals surface area contributed by atoms with Crippen molar-refractivity contribution in [2.75, 3.05) is 20.2 Å². The topological polar surface area (TPSA) is 47.3 Å². The molecule has 0 heterocycles. The normalized spacial score (nSPS) is 28.8. The first-order valence-corrected chi connectivity index (χ1v) is 6.09. The van der Waals surface area contributed by atoms with Gasteiger partial charge in [0, 0.05) is 18.6 Å². The third-order valence-electron chi connectivity index (χ3n) is 3.73. The number of hydrogen-bond acceptors (Lipinski definition) is 3. The van der Waals surface area contributed by atoms with E-state index in [1.807, 2.05) is 7.11 Å². The van der Waals surface area contributed by atoms with Crippen LogP contribution in [0.1, 0.15) is 39.5 Å². The Hall–Kier alpha value is -0.120. The first-order chi connectivity index (χ1) is 7.12. The van der Waals surface area contributed by atoms with Gasteiger partial charge in [0.15, 0.2) is 0 Å². The maximum atomic E-state index is 5.45. The van der Waals surface area contributed by atoms with Crippen LogP contribution >= 0.6 is 0 Å². The molecule has 2 unspecified atom stereocenters. The van der Waals surface area contributed by atoms with Gasteiger partial charge in [-0.2, -0.15) is 0 Å². The van der Waals surface area contributed by atoms with Gasteiger partial charge in [-0.25, -0.2) is 0 Å². The predicted molar refractivity (Wildman–Crippen MR) is 63.9 cm³/mol. The molecule has 15 heavy (non-hydrogen) atoms. The molecule has 0 aromatic heterocycles. The molecule has 0 aromatic carbocycles. The Balaban J connectivity index is 2.08. The standard InChI is InChI=1S/C12H26N2O/c1-12(2)10(9-11(12)15-3)14-8-6-4-5-7-13/h10-11,14H,4-9,13H2,1-3H3. The summed E-state index contributed by atoms with van der Waals surface area (Å²) in [5.74, 6) is 0. The van der Waals surface area contributed by atoms with E-state index in [-0.39, 0.29) is 0 Å². The summed E-state index contributed by atoms with van der Waals surface area (Å²) >= 11 is 0. The fourth-order valence-corrected chi connectivity index (χ4v) is 2.35. The van der Waals surface area contributed by atoms with E-state index < -0.39 is 0 Å². The molecule has 3 N–H and O–H groups in total. The molecule has 0 bridgehead atoms. The molecule has 0 radical (unpaired) electrons. The molecule has 0 saturated heterocycles. The summed E-state index contributed by atoms with van der Waals surface area (Å²) in [6, 6.07) is 0.625. The third-order valence-corrected chi connectivity index (χ3v) is 3.73. The summed E-state index contributed by atoms with van der Waals surface area (Å²) in [4.78, 5) is 0. The summed E-state index contributed by atoms with van der Waals surface area (Å²) in [6.07, 6.45) is 5.21. The van der Waals surface area contributed by atoms with Crippen molar-refractivity contribution >= 4 is 0 Å². The third kappa shape index (κ3) is 3.16. The highest BCUT2D eigenvalue weighted by Crippen LogP contribution is 2.42. The molecule has 90 valence electrons. The highest BCUT2D eigenvalue weighted by atomic mass is 16.5. The lowest BCUT2D eigenvalue weighted by Gasteiger charge is -2.51. The van der Waals surface area contributed by atoms with Crippen LogP contribution in [0.25, 0.3) is 0 Å². The van der Waals surface area contributed by atoms with Crippen LogP contribution in [-0.2, 0) is 4.74 Å². The first kappa shape index (κ1) is 12.9. The SMILES string of the molecule is COC1CC(NCCCCCN)C1(C)C. The van der Waals surface area contributed by atoms with Crippen molar-refractivity contribution in [3.05, 3.63) is 0 Å². The smallest absolute Gasteiger partial charge is 0.0652 e. The zero-order valence-corrected chi connectivity index (χ0v) is 10.4. The minimum atomic E-state index is 0.294. The first-order valence-electron chi connectivity index (χ1n) is 6.09. The maximum absolute atomic E-state index is 5.45. The Morgan fingerprint density at radius 3 is 2.60 bits per heavy atom. The van der Waals surface area contributed by atoms with Gasteiger partial charge < -0.3 is 15.8 Å². The van der Waals surface area contributed by atoms with Crippen LogP contribution < -0.4 is 11.1 Å². The number of methoxy groups -OCH3 is 1. The zero-order valence-electron chi connectivity index (χ0n) is 10.4. The molecular formula is C12H26N2O. The molecule has 1 fully saturated rings. The van der Waals surface area contributed by atoms with E-state index >= 15 is 0 Å². The molecule has 3 heteroatoms. The van der Waals surface area contributed by atoms with Gasteiger partial charge in [0.05, 0.1) is 6.10 Å². The predicted octanol–water partition coefficient (Wildman–Crippen LogP) is 1.52. The molecule has 0 amide bonds. The van der Waals surface area contributed by atoms with Crippen LogP contribution in [-0.4, -0.2) is 32.3 Å². The monoisotopic (exact) mass is 214 g/mol. The number of unbranched alkanes of at least 4 members (excludes halogenated alkanes) is 2. The van der Waals surface area contributed by atoms with Crippen LogP contribution in [0.4, 0.5) is 0 Å². The molecule has 0 aromatic rings. The Kier molecular flexibility index (Phi) is 5.03. The summed E-state index contributed by atoms with van der Waals surface area (Å²) in [5.41, 5.74) is 5.74. The van der Waals surface area contributed by atoms with E-state index in [1.54, 1.807) is 0 Å². The van der Waals surface area contributed by atoms with Crippen molar-refractivity contribution in [2.24, 2.45) is 11.1 Å². The highest BCUT2D eigenvalue weighted by Gasteiger charge is 2.47. The second-order valence-electron chi connectivity index (χ2n) is 5.14. The van der Waals surface area contributed by atoms with Crippen molar-refractivity contribution in [1.29, 1.82) is 0 Å². The van der Waals surface area contributed by atoms with Crippen LogP contribution in [0.5, 0.6) is 0 Å². The maximum Gasteiger partial charge on any atom is 0.0652 e. The van der Waals surface area contributed by atoms with Crippen molar-refractivity contribution in [3.63, 3.8) is 0 Å². The summed E-state index contributed by atoms with van der Waals surface area (Å²) in [5, 5.41) is 3.61. The zero-order chi connectivity index (χ0) is 11.3. The molecular weight excluding hydrogens is 188 g/mol. The van der Waals surface area contributed by atoms with Gasteiger partial charge in [-0.05, 0) is 32.4 Å². The van der Waals surface area contributed by atoms with E-state index in [2.05, 4.69) is 19.2 Å². The summed E-state index contributed by atoms with van der Waals surface area (Å²) in [6.45, 7) is 6.50. The van der Waals surface area contributed by atoms with Gasteiger partial charge in [0.1, 0.15) is 0 Å². The second-order valence-corrected chi connectivity index (χ2v) is 5.14.